The van der Waals surface area contributed by atoms with Gasteiger partial charge in [0.2, 0.25) is 5.91 Å². The monoisotopic (exact) mass is 635 g/mol. The van der Waals surface area contributed by atoms with Gasteiger partial charge in [-0.1, -0.05) is 116 Å². The fraction of sp³-hybridized carbons (Fsp3) is 0.816. The molecule has 7 nitrogen and oxygen atoms in total. The molecular formula is C38H70N2O5. The minimum atomic E-state index is -1.02. The number of carboxylic acids is 1. The number of hydrogen-bond donors (Lipinski definition) is 3. The number of esters is 1. The molecule has 0 aromatic rings. The number of carbonyl (C=O) groups is 3. The number of amides is 1. The van der Waals surface area contributed by atoms with Crippen LogP contribution in [0, 0.1) is 0 Å². The van der Waals surface area contributed by atoms with Gasteiger partial charge in [0.15, 0.2) is 0 Å². The van der Waals surface area contributed by atoms with Gasteiger partial charge in [0.05, 0.1) is 0 Å². The number of ether oxygens (including phenoxy) is 1. The number of nitrogens with one attached hydrogen (secondary N) is 1. The van der Waals surface area contributed by atoms with E-state index in [1.165, 1.54) is 83.5 Å². The molecule has 0 aromatic heterocycles. The van der Waals surface area contributed by atoms with Gasteiger partial charge in [-0.15, -0.1) is 0 Å². The molecule has 0 heterocycles. The predicted octanol–water partition coefficient (Wildman–Crippen LogP) is 9.72. The van der Waals surface area contributed by atoms with Gasteiger partial charge in [-0.05, 0) is 83.2 Å². The zero-order valence-electron chi connectivity index (χ0n) is 29.2. The van der Waals surface area contributed by atoms with Gasteiger partial charge in [-0.25, -0.2) is 4.79 Å². The highest BCUT2D eigenvalue weighted by Crippen LogP contribution is 2.15. The lowest BCUT2D eigenvalue weighted by atomic mass is 10.1. The second kappa shape index (κ2) is 33.2. The summed E-state index contributed by atoms with van der Waals surface area (Å²) in [6, 6.07) is -0.869. The Hall–Kier alpha value is -2.15. The maximum absolute atomic E-state index is 12.6. The summed E-state index contributed by atoms with van der Waals surface area (Å²) >= 11 is 0. The van der Waals surface area contributed by atoms with Gasteiger partial charge < -0.3 is 20.9 Å². The molecule has 1 amide bonds. The topological polar surface area (TPSA) is 119 Å². The van der Waals surface area contributed by atoms with Gasteiger partial charge in [0.1, 0.15) is 12.1 Å². The molecular weight excluding hydrogens is 564 g/mol. The summed E-state index contributed by atoms with van der Waals surface area (Å²) in [4.78, 5) is 36.1. The Morgan fingerprint density at radius 2 is 1.18 bits per heavy atom. The summed E-state index contributed by atoms with van der Waals surface area (Å²) in [7, 11) is 0. The Balaban J connectivity index is 4.40. The van der Waals surface area contributed by atoms with Crippen LogP contribution in [0.1, 0.15) is 181 Å². The minimum Gasteiger partial charge on any atom is -0.480 e. The van der Waals surface area contributed by atoms with Crippen LogP contribution in [0.5, 0.6) is 0 Å². The van der Waals surface area contributed by atoms with E-state index < -0.39 is 12.0 Å². The van der Waals surface area contributed by atoms with Gasteiger partial charge in [-0.3, -0.25) is 9.59 Å². The molecule has 0 rings (SSSR count). The molecule has 0 bridgehead atoms. The van der Waals surface area contributed by atoms with E-state index in [-0.39, 0.29) is 18.0 Å². The fourth-order valence-corrected chi connectivity index (χ4v) is 5.34. The molecule has 45 heavy (non-hydrogen) atoms. The maximum atomic E-state index is 12.6. The lowest BCUT2D eigenvalue weighted by molar-refractivity contribution is -0.147. The number of allylic oxidation sites excluding steroid dienone is 3. The van der Waals surface area contributed by atoms with Gasteiger partial charge >= 0.3 is 11.9 Å². The van der Waals surface area contributed by atoms with E-state index in [1.807, 2.05) is 0 Å². The van der Waals surface area contributed by atoms with Crippen LogP contribution in [0.25, 0.3) is 0 Å². The SMILES string of the molecule is CCCC/C=C\CCCCCCCC(=O)OC(/C=C\CCCCCCCCC)CCCCCCC(=O)NC(CCCN)C(=O)O. The normalized spacial score (nSPS) is 13.0. The number of nitrogens with two attached hydrogens (primary N) is 1. The predicted molar refractivity (Wildman–Crippen MR) is 188 cm³/mol. The highest BCUT2D eigenvalue weighted by molar-refractivity contribution is 5.83. The molecule has 0 aromatic carbocycles. The third-order valence-electron chi connectivity index (χ3n) is 8.22. The average molecular weight is 635 g/mol. The van der Waals surface area contributed by atoms with Crippen molar-refractivity contribution in [2.75, 3.05) is 6.54 Å². The second-order valence-corrected chi connectivity index (χ2v) is 12.6. The van der Waals surface area contributed by atoms with Gasteiger partial charge in [0, 0.05) is 12.8 Å². The highest BCUT2D eigenvalue weighted by atomic mass is 16.5. The molecule has 0 spiro atoms. The lowest BCUT2D eigenvalue weighted by Gasteiger charge is -2.15. The van der Waals surface area contributed by atoms with E-state index in [9.17, 15) is 19.5 Å². The van der Waals surface area contributed by atoms with Crippen LogP contribution < -0.4 is 11.1 Å². The lowest BCUT2D eigenvalue weighted by Crippen LogP contribution is -2.40. The van der Waals surface area contributed by atoms with Gasteiger partial charge in [0.25, 0.3) is 0 Å². The number of unbranched alkanes of at least 4 members (excludes halogenated alkanes) is 17. The summed E-state index contributed by atoms with van der Waals surface area (Å²) in [6.07, 6.45) is 35.1. The third-order valence-corrected chi connectivity index (χ3v) is 8.22. The zero-order valence-corrected chi connectivity index (χ0v) is 29.2. The van der Waals surface area contributed by atoms with E-state index in [0.717, 1.165) is 51.4 Å². The van der Waals surface area contributed by atoms with Crippen molar-refractivity contribution in [2.45, 2.75) is 193 Å². The number of hydrogen-bond acceptors (Lipinski definition) is 5. The number of rotatable bonds is 33. The van der Waals surface area contributed by atoms with Crippen LogP contribution in [0.3, 0.4) is 0 Å². The molecule has 7 heteroatoms. The average Bonchev–Trinajstić information content (AvgIpc) is 3.02. The van der Waals surface area contributed by atoms with E-state index in [1.54, 1.807) is 0 Å². The minimum absolute atomic E-state index is 0.0984. The van der Waals surface area contributed by atoms with Crippen LogP contribution in [0.2, 0.25) is 0 Å². The molecule has 0 aliphatic carbocycles. The van der Waals surface area contributed by atoms with Crippen molar-refractivity contribution in [2.24, 2.45) is 5.73 Å². The van der Waals surface area contributed by atoms with Crippen molar-refractivity contribution in [3.63, 3.8) is 0 Å². The highest BCUT2D eigenvalue weighted by Gasteiger charge is 2.19. The molecule has 4 N–H and O–H groups in total. The summed E-state index contributed by atoms with van der Waals surface area (Å²) in [5, 5.41) is 11.9. The third kappa shape index (κ3) is 30.3. The van der Waals surface area contributed by atoms with Crippen LogP contribution >= 0.6 is 0 Å². The van der Waals surface area contributed by atoms with Crippen molar-refractivity contribution >= 4 is 17.8 Å². The summed E-state index contributed by atoms with van der Waals surface area (Å²) < 4.78 is 5.89. The molecule has 0 fully saturated rings. The van der Waals surface area contributed by atoms with E-state index in [4.69, 9.17) is 10.5 Å². The quantitative estimate of drug-likeness (QED) is 0.0376. The number of carbonyl (C=O) groups excluding carboxylic acids is 2. The number of carboxylic acid groups (broad SMARTS) is 1. The Morgan fingerprint density at radius 3 is 1.80 bits per heavy atom. The molecule has 2 unspecified atom stereocenters. The Kier molecular flexibility index (Phi) is 31.6. The first kappa shape index (κ1) is 42.9. The first-order valence-corrected chi connectivity index (χ1v) is 18.7. The summed E-state index contributed by atoms with van der Waals surface area (Å²) in [5.74, 6) is -1.34. The standard InChI is InChI=1S/C38H70N2O5/c1-3-5-7-9-11-13-14-16-18-20-26-32-37(42)45-34(28-23-19-17-15-12-10-8-6-4-2)29-24-21-22-25-31-36(41)40-35(38(43)44)30-27-33-39/h9,11,23,28,34-35H,3-8,10,12-22,24-27,29-33,39H2,1-2H3,(H,40,41)(H,43,44)/b11-9-,28-23-. The molecule has 0 aliphatic rings. The molecule has 0 aliphatic heterocycles. The van der Waals surface area contributed by atoms with Crippen molar-refractivity contribution in [1.29, 1.82) is 0 Å². The fourth-order valence-electron chi connectivity index (χ4n) is 5.34. The largest absolute Gasteiger partial charge is 0.480 e. The van der Waals surface area contributed by atoms with E-state index in [2.05, 4.69) is 43.5 Å². The Morgan fingerprint density at radius 1 is 0.644 bits per heavy atom. The first-order chi connectivity index (χ1) is 21.9. The molecule has 2 atom stereocenters. The van der Waals surface area contributed by atoms with E-state index in [0.29, 0.717) is 38.6 Å². The smallest absolute Gasteiger partial charge is 0.326 e. The molecule has 0 saturated carbocycles. The number of aliphatic carboxylic acids is 1. The van der Waals surface area contributed by atoms with E-state index >= 15 is 0 Å². The van der Waals surface area contributed by atoms with Crippen molar-refractivity contribution in [3.05, 3.63) is 24.3 Å². The second-order valence-electron chi connectivity index (χ2n) is 12.6. The molecule has 0 radical (unpaired) electrons. The first-order valence-electron chi connectivity index (χ1n) is 18.7. The molecule has 0 saturated heterocycles. The van der Waals surface area contributed by atoms with Gasteiger partial charge in [-0.2, -0.15) is 0 Å². The van der Waals surface area contributed by atoms with Crippen LogP contribution in [-0.2, 0) is 19.1 Å². The van der Waals surface area contributed by atoms with Crippen LogP contribution in [-0.4, -0.2) is 41.6 Å². The van der Waals surface area contributed by atoms with Crippen LogP contribution in [0.4, 0.5) is 0 Å². The van der Waals surface area contributed by atoms with Crippen molar-refractivity contribution in [1.82, 2.24) is 5.32 Å². The van der Waals surface area contributed by atoms with Crippen molar-refractivity contribution in [3.8, 4) is 0 Å². The summed E-state index contributed by atoms with van der Waals surface area (Å²) in [5.41, 5.74) is 5.47. The maximum Gasteiger partial charge on any atom is 0.326 e. The van der Waals surface area contributed by atoms with Crippen LogP contribution in [0.15, 0.2) is 24.3 Å². The zero-order chi connectivity index (χ0) is 33.2. The molecule has 262 valence electrons. The Labute approximate surface area is 276 Å². The summed E-state index contributed by atoms with van der Waals surface area (Å²) in [6.45, 7) is 4.87. The van der Waals surface area contributed by atoms with Crippen molar-refractivity contribution < 1.29 is 24.2 Å². The Bertz CT molecular complexity index is 767.